The van der Waals surface area contributed by atoms with Gasteiger partial charge in [0.05, 0.1) is 0 Å². The normalized spacial score (nSPS) is 16.6. The summed E-state index contributed by atoms with van der Waals surface area (Å²) in [6.07, 6.45) is 0. The average molecular weight is 162 g/mol. The maximum absolute atomic E-state index is 5.76. The fraction of sp³-hybridized carbons (Fsp3) is 0.400. The molecular weight excluding hydrogens is 148 g/mol. The van der Waals surface area contributed by atoms with Crippen molar-refractivity contribution >= 4 is 0 Å². The molecule has 0 radical (unpaired) electrons. The van der Waals surface area contributed by atoms with Crippen LogP contribution in [0.4, 0.5) is 0 Å². The Morgan fingerprint density at radius 2 is 1.50 bits per heavy atom. The Morgan fingerprint density at radius 1 is 1.08 bits per heavy atom. The lowest BCUT2D eigenvalue weighted by Gasteiger charge is -2.04. The van der Waals surface area contributed by atoms with Gasteiger partial charge >= 0.3 is 0 Å². The molecular formula is C10H14N2. The molecule has 0 aliphatic carbocycles. The van der Waals surface area contributed by atoms with E-state index >= 15 is 0 Å². The van der Waals surface area contributed by atoms with E-state index < -0.39 is 0 Å². The van der Waals surface area contributed by atoms with E-state index in [0.29, 0.717) is 0 Å². The highest BCUT2D eigenvalue weighted by molar-refractivity contribution is 5.42. The molecule has 0 unspecified atom stereocenters. The molecule has 1 aliphatic rings. The standard InChI is InChI=1S/C10H14N2/c1-7-3-4-8(2)10-6-12(11)5-9(7)10/h3-4H,5-6,11H2,1-2H3. The van der Waals surface area contributed by atoms with Gasteiger partial charge in [0.2, 0.25) is 0 Å². The summed E-state index contributed by atoms with van der Waals surface area (Å²) in [5.41, 5.74) is 5.59. The first-order valence-electron chi connectivity index (χ1n) is 4.26. The lowest BCUT2D eigenvalue weighted by molar-refractivity contribution is 0.295. The molecule has 0 saturated carbocycles. The summed E-state index contributed by atoms with van der Waals surface area (Å²) in [6, 6.07) is 4.35. The molecule has 1 heterocycles. The Morgan fingerprint density at radius 3 is 1.92 bits per heavy atom. The smallest absolute Gasteiger partial charge is 0.0389 e. The van der Waals surface area contributed by atoms with E-state index in [2.05, 4.69) is 26.0 Å². The number of hydrogen-bond acceptors (Lipinski definition) is 2. The summed E-state index contributed by atoms with van der Waals surface area (Å²) in [6.45, 7) is 6.11. The molecule has 2 rings (SSSR count). The van der Waals surface area contributed by atoms with Crippen LogP contribution in [0.15, 0.2) is 12.1 Å². The third-order valence-electron chi connectivity index (χ3n) is 2.62. The number of hydrogen-bond donors (Lipinski definition) is 1. The van der Waals surface area contributed by atoms with Crippen molar-refractivity contribution in [3.63, 3.8) is 0 Å². The Kier molecular flexibility index (Phi) is 1.67. The maximum Gasteiger partial charge on any atom is 0.0389 e. The van der Waals surface area contributed by atoms with E-state index in [1.807, 2.05) is 5.01 Å². The van der Waals surface area contributed by atoms with Crippen molar-refractivity contribution in [3.8, 4) is 0 Å². The highest BCUT2D eigenvalue weighted by Crippen LogP contribution is 2.26. The molecule has 0 spiro atoms. The van der Waals surface area contributed by atoms with Crippen LogP contribution in [0, 0.1) is 13.8 Å². The van der Waals surface area contributed by atoms with E-state index in [0.717, 1.165) is 13.1 Å². The Labute approximate surface area is 73.0 Å². The van der Waals surface area contributed by atoms with E-state index in [-0.39, 0.29) is 0 Å². The van der Waals surface area contributed by atoms with Gasteiger partial charge in [-0.2, -0.15) is 0 Å². The molecule has 2 nitrogen and oxygen atoms in total. The quantitative estimate of drug-likeness (QED) is 0.586. The molecule has 0 bridgehead atoms. The first-order valence-corrected chi connectivity index (χ1v) is 4.26. The van der Waals surface area contributed by atoms with Gasteiger partial charge in [0, 0.05) is 13.1 Å². The van der Waals surface area contributed by atoms with Crippen molar-refractivity contribution in [2.24, 2.45) is 5.84 Å². The van der Waals surface area contributed by atoms with Crippen LogP contribution in [0.2, 0.25) is 0 Å². The van der Waals surface area contributed by atoms with Gasteiger partial charge in [-0.15, -0.1) is 0 Å². The van der Waals surface area contributed by atoms with E-state index in [1.54, 1.807) is 0 Å². The number of nitrogens with two attached hydrogens (primary N) is 1. The predicted octanol–water partition coefficient (Wildman–Crippen LogP) is 1.49. The van der Waals surface area contributed by atoms with Gasteiger partial charge in [0.25, 0.3) is 0 Å². The number of rotatable bonds is 0. The fourth-order valence-corrected chi connectivity index (χ4v) is 1.83. The molecule has 0 fully saturated rings. The number of aryl methyl sites for hydroxylation is 2. The zero-order chi connectivity index (χ0) is 8.72. The zero-order valence-electron chi connectivity index (χ0n) is 7.59. The summed E-state index contributed by atoms with van der Waals surface area (Å²) in [5.74, 6) is 5.76. The number of fused-ring (bicyclic) bond motifs is 1. The Balaban J connectivity index is 2.56. The van der Waals surface area contributed by atoms with Crippen LogP contribution < -0.4 is 5.84 Å². The Bertz CT molecular complexity index is 287. The molecule has 0 atom stereocenters. The van der Waals surface area contributed by atoms with Gasteiger partial charge in [-0.05, 0) is 36.1 Å². The molecule has 64 valence electrons. The largest absolute Gasteiger partial charge is 0.268 e. The zero-order valence-corrected chi connectivity index (χ0v) is 7.59. The van der Waals surface area contributed by atoms with Gasteiger partial charge in [-0.1, -0.05) is 12.1 Å². The van der Waals surface area contributed by atoms with E-state index in [4.69, 9.17) is 5.84 Å². The molecule has 1 aromatic carbocycles. The fourth-order valence-electron chi connectivity index (χ4n) is 1.83. The summed E-state index contributed by atoms with van der Waals surface area (Å²) >= 11 is 0. The minimum Gasteiger partial charge on any atom is -0.268 e. The lowest BCUT2D eigenvalue weighted by Crippen LogP contribution is -2.23. The highest BCUT2D eigenvalue weighted by Gasteiger charge is 2.18. The molecule has 2 N–H and O–H groups in total. The number of hydrazine groups is 1. The van der Waals surface area contributed by atoms with Gasteiger partial charge in [-0.3, -0.25) is 5.84 Å². The van der Waals surface area contributed by atoms with Gasteiger partial charge < -0.3 is 0 Å². The summed E-state index contributed by atoms with van der Waals surface area (Å²) < 4.78 is 0. The van der Waals surface area contributed by atoms with Crippen molar-refractivity contribution in [3.05, 3.63) is 34.4 Å². The first-order chi connectivity index (χ1) is 5.68. The number of benzene rings is 1. The van der Waals surface area contributed by atoms with Crippen molar-refractivity contribution in [1.29, 1.82) is 0 Å². The molecule has 12 heavy (non-hydrogen) atoms. The van der Waals surface area contributed by atoms with Crippen LogP contribution >= 0.6 is 0 Å². The third kappa shape index (κ3) is 1.04. The van der Waals surface area contributed by atoms with Crippen molar-refractivity contribution < 1.29 is 0 Å². The van der Waals surface area contributed by atoms with Crippen LogP contribution in [0.25, 0.3) is 0 Å². The minimum absolute atomic E-state index is 0.906. The van der Waals surface area contributed by atoms with Crippen LogP contribution in [-0.4, -0.2) is 5.01 Å². The summed E-state index contributed by atoms with van der Waals surface area (Å²) in [7, 11) is 0. The van der Waals surface area contributed by atoms with Crippen molar-refractivity contribution in [2.75, 3.05) is 0 Å². The highest BCUT2D eigenvalue weighted by atomic mass is 15.4. The average Bonchev–Trinajstić information content (AvgIpc) is 2.41. The molecule has 0 saturated heterocycles. The maximum atomic E-state index is 5.76. The summed E-state index contributed by atoms with van der Waals surface area (Å²) in [5, 5.41) is 1.87. The van der Waals surface area contributed by atoms with Crippen LogP contribution in [0.3, 0.4) is 0 Å². The summed E-state index contributed by atoms with van der Waals surface area (Å²) in [4.78, 5) is 0. The third-order valence-corrected chi connectivity index (χ3v) is 2.62. The van der Waals surface area contributed by atoms with Crippen LogP contribution in [0.5, 0.6) is 0 Å². The monoisotopic (exact) mass is 162 g/mol. The van der Waals surface area contributed by atoms with Crippen molar-refractivity contribution in [2.45, 2.75) is 26.9 Å². The van der Waals surface area contributed by atoms with Crippen LogP contribution in [0.1, 0.15) is 22.3 Å². The second-order valence-electron chi connectivity index (χ2n) is 3.56. The molecule has 0 amide bonds. The van der Waals surface area contributed by atoms with Gasteiger partial charge in [0.15, 0.2) is 0 Å². The second-order valence-corrected chi connectivity index (χ2v) is 3.56. The SMILES string of the molecule is Cc1ccc(C)c2c1CN(N)C2. The molecule has 1 aliphatic heterocycles. The van der Waals surface area contributed by atoms with E-state index in [9.17, 15) is 0 Å². The first kappa shape index (κ1) is 7.77. The van der Waals surface area contributed by atoms with E-state index in [1.165, 1.54) is 22.3 Å². The molecule has 2 heteroatoms. The topological polar surface area (TPSA) is 29.3 Å². The Hall–Kier alpha value is -0.860. The molecule has 1 aromatic rings. The van der Waals surface area contributed by atoms with Gasteiger partial charge in [0.1, 0.15) is 0 Å². The van der Waals surface area contributed by atoms with Crippen LogP contribution in [-0.2, 0) is 13.1 Å². The molecule has 0 aromatic heterocycles. The van der Waals surface area contributed by atoms with Crippen molar-refractivity contribution in [1.82, 2.24) is 5.01 Å². The number of nitrogens with zero attached hydrogens (tertiary/aromatic N) is 1. The second kappa shape index (κ2) is 2.57. The minimum atomic E-state index is 0.906. The predicted molar refractivity (Wildman–Crippen MR) is 49.4 cm³/mol. The van der Waals surface area contributed by atoms with Gasteiger partial charge in [-0.25, -0.2) is 5.01 Å². The lowest BCUT2D eigenvalue weighted by atomic mass is 10.0.